The number of hydrogen-bond acceptors (Lipinski definition) is 3. The van der Waals surface area contributed by atoms with E-state index in [9.17, 15) is 4.79 Å². The van der Waals surface area contributed by atoms with Gasteiger partial charge in [0.05, 0.1) is 5.54 Å². The van der Waals surface area contributed by atoms with E-state index in [-0.39, 0.29) is 18.1 Å². The Bertz CT molecular complexity index is 457. The lowest BCUT2D eigenvalue weighted by atomic mass is 9.98. The first-order valence-electron chi connectivity index (χ1n) is 7.53. The Morgan fingerprint density at radius 1 is 1.45 bits per heavy atom. The second-order valence-electron chi connectivity index (χ2n) is 6.44. The van der Waals surface area contributed by atoms with E-state index in [1.165, 1.54) is 4.88 Å². The van der Waals surface area contributed by atoms with Crippen LogP contribution in [-0.2, 0) is 4.79 Å². The van der Waals surface area contributed by atoms with Gasteiger partial charge in [-0.2, -0.15) is 0 Å². The van der Waals surface area contributed by atoms with Crippen LogP contribution in [0.2, 0.25) is 0 Å². The second kappa shape index (κ2) is 5.86. The molecule has 4 heteroatoms. The van der Waals surface area contributed by atoms with Gasteiger partial charge >= 0.3 is 0 Å². The van der Waals surface area contributed by atoms with Crippen molar-refractivity contribution in [2.75, 3.05) is 0 Å². The predicted molar refractivity (Wildman–Crippen MR) is 84.7 cm³/mol. The molecule has 1 N–H and O–H groups in total. The number of nitrogens with one attached hydrogen (secondary N) is 1. The molecule has 20 heavy (non-hydrogen) atoms. The summed E-state index contributed by atoms with van der Waals surface area (Å²) in [5.41, 5.74) is -0.431. The summed E-state index contributed by atoms with van der Waals surface area (Å²) in [5.74, 6) is 0.835. The minimum Gasteiger partial charge on any atom is -0.318 e. The maximum absolute atomic E-state index is 12.9. The van der Waals surface area contributed by atoms with Gasteiger partial charge in [-0.05, 0) is 44.1 Å². The zero-order valence-electron chi connectivity index (χ0n) is 13.1. The van der Waals surface area contributed by atoms with Crippen LogP contribution in [0.3, 0.4) is 0 Å². The highest BCUT2D eigenvalue weighted by Gasteiger charge is 2.49. The molecule has 0 saturated carbocycles. The van der Waals surface area contributed by atoms with E-state index in [1.54, 1.807) is 11.3 Å². The van der Waals surface area contributed by atoms with Gasteiger partial charge in [-0.3, -0.25) is 10.1 Å². The quantitative estimate of drug-likeness (QED) is 0.896. The number of amides is 1. The zero-order chi connectivity index (χ0) is 14.9. The molecule has 0 radical (unpaired) electrons. The van der Waals surface area contributed by atoms with E-state index in [4.69, 9.17) is 0 Å². The number of nitrogens with zero attached hydrogens (tertiary/aromatic N) is 1. The van der Waals surface area contributed by atoms with Gasteiger partial charge < -0.3 is 4.90 Å². The molecule has 3 atom stereocenters. The number of thiophene rings is 1. The first-order valence-corrected chi connectivity index (χ1v) is 8.41. The molecule has 1 saturated heterocycles. The Kier molecular flexibility index (Phi) is 4.55. The van der Waals surface area contributed by atoms with Crippen LogP contribution < -0.4 is 5.32 Å². The second-order valence-corrected chi connectivity index (χ2v) is 7.42. The standard InChI is InChI=1S/C16H26N2OS/c1-6-16(5)15(19)18(12(4)10-11(2)3)14(17-16)13-8-7-9-20-13/h7-9,11-12,14,17H,6,10H2,1-5H3. The molecule has 0 aliphatic carbocycles. The van der Waals surface area contributed by atoms with Crippen LogP contribution in [0.25, 0.3) is 0 Å². The minimum absolute atomic E-state index is 0.0289. The molecule has 2 heterocycles. The van der Waals surface area contributed by atoms with Crippen molar-refractivity contribution < 1.29 is 4.79 Å². The van der Waals surface area contributed by atoms with E-state index in [0.717, 1.165) is 12.8 Å². The van der Waals surface area contributed by atoms with E-state index in [0.29, 0.717) is 5.92 Å². The highest BCUT2D eigenvalue weighted by atomic mass is 32.1. The largest absolute Gasteiger partial charge is 0.318 e. The van der Waals surface area contributed by atoms with Crippen molar-refractivity contribution in [1.29, 1.82) is 0 Å². The molecule has 2 rings (SSSR count). The van der Waals surface area contributed by atoms with Crippen molar-refractivity contribution in [1.82, 2.24) is 10.2 Å². The molecule has 0 bridgehead atoms. The van der Waals surface area contributed by atoms with E-state index in [1.807, 2.05) is 6.92 Å². The van der Waals surface area contributed by atoms with Gasteiger partial charge in [0.25, 0.3) is 0 Å². The Balaban J connectivity index is 2.31. The third-order valence-corrected chi connectivity index (χ3v) is 5.17. The van der Waals surface area contributed by atoms with Crippen LogP contribution in [0.4, 0.5) is 0 Å². The maximum Gasteiger partial charge on any atom is 0.244 e. The van der Waals surface area contributed by atoms with Gasteiger partial charge in [-0.25, -0.2) is 0 Å². The molecular weight excluding hydrogens is 268 g/mol. The summed E-state index contributed by atoms with van der Waals surface area (Å²) < 4.78 is 0. The predicted octanol–water partition coefficient (Wildman–Crippen LogP) is 3.78. The molecule has 0 aromatic carbocycles. The van der Waals surface area contributed by atoms with Crippen LogP contribution in [0, 0.1) is 5.92 Å². The molecule has 1 aromatic rings. The number of carbonyl (C=O) groups is 1. The fraction of sp³-hybridized carbons (Fsp3) is 0.688. The Hall–Kier alpha value is -0.870. The summed E-state index contributed by atoms with van der Waals surface area (Å²) in [6, 6.07) is 4.43. The Morgan fingerprint density at radius 2 is 2.15 bits per heavy atom. The molecule has 3 nitrogen and oxygen atoms in total. The van der Waals surface area contributed by atoms with Crippen molar-refractivity contribution >= 4 is 17.2 Å². The molecule has 1 aliphatic rings. The fourth-order valence-corrected chi connectivity index (χ4v) is 3.77. The monoisotopic (exact) mass is 294 g/mol. The lowest BCUT2D eigenvalue weighted by Crippen LogP contribution is -2.44. The van der Waals surface area contributed by atoms with Gasteiger partial charge in [-0.1, -0.05) is 26.8 Å². The third kappa shape index (κ3) is 2.77. The molecule has 3 unspecified atom stereocenters. The van der Waals surface area contributed by atoms with E-state index in [2.05, 4.69) is 55.4 Å². The summed E-state index contributed by atoms with van der Waals surface area (Å²) in [4.78, 5) is 16.1. The smallest absolute Gasteiger partial charge is 0.244 e. The number of carbonyl (C=O) groups excluding carboxylic acids is 1. The van der Waals surface area contributed by atoms with Crippen LogP contribution in [0.15, 0.2) is 17.5 Å². The Labute approximate surface area is 126 Å². The summed E-state index contributed by atoms with van der Waals surface area (Å²) in [6.07, 6.45) is 1.88. The molecule has 0 spiro atoms. The van der Waals surface area contributed by atoms with E-state index >= 15 is 0 Å². The average molecular weight is 294 g/mol. The van der Waals surface area contributed by atoms with Crippen molar-refractivity contribution in [3.8, 4) is 0 Å². The van der Waals surface area contributed by atoms with Crippen LogP contribution >= 0.6 is 11.3 Å². The summed E-state index contributed by atoms with van der Waals surface area (Å²) >= 11 is 1.72. The maximum atomic E-state index is 12.9. The van der Waals surface area contributed by atoms with E-state index < -0.39 is 5.54 Å². The Morgan fingerprint density at radius 3 is 2.65 bits per heavy atom. The molecule has 112 valence electrons. The fourth-order valence-electron chi connectivity index (χ4n) is 2.99. The highest BCUT2D eigenvalue weighted by molar-refractivity contribution is 7.10. The third-order valence-electron chi connectivity index (χ3n) is 4.25. The summed E-state index contributed by atoms with van der Waals surface area (Å²) in [7, 11) is 0. The molecule has 1 aromatic heterocycles. The van der Waals surface area contributed by atoms with Gasteiger partial charge in [0.15, 0.2) is 0 Å². The normalized spacial score (nSPS) is 28.4. The SMILES string of the molecule is CCC1(C)NC(c2cccs2)N(C(C)CC(C)C)C1=O. The number of rotatable bonds is 5. The van der Waals surface area contributed by atoms with Gasteiger partial charge in [-0.15, -0.1) is 11.3 Å². The van der Waals surface area contributed by atoms with Gasteiger partial charge in [0.1, 0.15) is 6.17 Å². The summed E-state index contributed by atoms with van der Waals surface area (Å²) in [5, 5.41) is 5.64. The lowest BCUT2D eigenvalue weighted by molar-refractivity contribution is -0.135. The van der Waals surface area contributed by atoms with Crippen molar-refractivity contribution in [3.63, 3.8) is 0 Å². The molecule has 1 amide bonds. The van der Waals surface area contributed by atoms with Crippen molar-refractivity contribution in [2.45, 2.75) is 65.2 Å². The molecule has 1 aliphatic heterocycles. The minimum atomic E-state index is -0.431. The first kappa shape index (κ1) is 15.5. The number of hydrogen-bond donors (Lipinski definition) is 1. The highest BCUT2D eigenvalue weighted by Crippen LogP contribution is 2.37. The van der Waals surface area contributed by atoms with Crippen LogP contribution in [-0.4, -0.2) is 22.4 Å². The molecule has 1 fully saturated rings. The molecular formula is C16H26N2OS. The first-order chi connectivity index (χ1) is 9.39. The zero-order valence-corrected chi connectivity index (χ0v) is 14.0. The van der Waals surface area contributed by atoms with Crippen LogP contribution in [0.1, 0.15) is 58.5 Å². The van der Waals surface area contributed by atoms with Crippen LogP contribution in [0.5, 0.6) is 0 Å². The van der Waals surface area contributed by atoms with Crippen molar-refractivity contribution in [2.24, 2.45) is 5.92 Å². The van der Waals surface area contributed by atoms with Crippen molar-refractivity contribution in [3.05, 3.63) is 22.4 Å². The topological polar surface area (TPSA) is 32.3 Å². The van der Waals surface area contributed by atoms with Gasteiger partial charge in [0.2, 0.25) is 5.91 Å². The average Bonchev–Trinajstić information content (AvgIpc) is 2.97. The lowest BCUT2D eigenvalue weighted by Gasteiger charge is -2.31. The summed E-state index contributed by atoms with van der Waals surface area (Å²) in [6.45, 7) is 10.7. The van der Waals surface area contributed by atoms with Gasteiger partial charge in [0, 0.05) is 10.9 Å².